The molecular formula is C15H20BrFN2O2. The fourth-order valence-electron chi connectivity index (χ4n) is 1.97. The molecule has 1 saturated heterocycles. The SMILES string of the molecule is CC(C)(C)C(=O)ON1CCN(c2ccc(Br)c(F)c2)CC1. The lowest BCUT2D eigenvalue weighted by atomic mass is 9.98. The Kier molecular flexibility index (Phi) is 4.88. The zero-order valence-corrected chi connectivity index (χ0v) is 14.1. The number of benzene rings is 1. The topological polar surface area (TPSA) is 32.8 Å². The van der Waals surface area contributed by atoms with Gasteiger partial charge >= 0.3 is 5.97 Å². The molecule has 1 aromatic rings. The van der Waals surface area contributed by atoms with Crippen molar-refractivity contribution in [1.29, 1.82) is 0 Å². The van der Waals surface area contributed by atoms with Crippen LogP contribution in [0.5, 0.6) is 0 Å². The highest BCUT2D eigenvalue weighted by Crippen LogP contribution is 2.24. The fraction of sp³-hybridized carbons (Fsp3) is 0.533. The van der Waals surface area contributed by atoms with Crippen molar-refractivity contribution in [2.75, 3.05) is 31.1 Å². The van der Waals surface area contributed by atoms with Crippen LogP contribution < -0.4 is 4.90 Å². The number of hydrogen-bond donors (Lipinski definition) is 0. The molecule has 0 aliphatic carbocycles. The van der Waals surface area contributed by atoms with Crippen molar-refractivity contribution in [2.24, 2.45) is 5.41 Å². The third-order valence-corrected chi connectivity index (χ3v) is 3.97. The molecule has 2 rings (SSSR count). The Morgan fingerprint density at radius 2 is 1.86 bits per heavy atom. The summed E-state index contributed by atoms with van der Waals surface area (Å²) in [6.45, 7) is 8.10. The van der Waals surface area contributed by atoms with E-state index in [1.54, 1.807) is 11.1 Å². The van der Waals surface area contributed by atoms with E-state index in [9.17, 15) is 9.18 Å². The highest BCUT2D eigenvalue weighted by molar-refractivity contribution is 9.10. The van der Waals surface area contributed by atoms with Crippen LogP contribution in [0, 0.1) is 11.2 Å². The number of piperazine rings is 1. The molecule has 1 heterocycles. The van der Waals surface area contributed by atoms with Crippen LogP contribution >= 0.6 is 15.9 Å². The second kappa shape index (κ2) is 6.32. The molecule has 0 unspecified atom stereocenters. The molecule has 6 heteroatoms. The number of carbonyl (C=O) groups is 1. The summed E-state index contributed by atoms with van der Waals surface area (Å²) < 4.78 is 14.0. The van der Waals surface area contributed by atoms with Gasteiger partial charge in [-0.25, -0.2) is 9.18 Å². The molecule has 116 valence electrons. The summed E-state index contributed by atoms with van der Waals surface area (Å²) in [5, 5.41) is 1.68. The van der Waals surface area contributed by atoms with E-state index >= 15 is 0 Å². The molecule has 0 atom stereocenters. The molecule has 21 heavy (non-hydrogen) atoms. The standard InChI is InChI=1S/C15H20BrFN2O2/c1-15(2,3)14(20)21-19-8-6-18(7-9-19)11-4-5-12(16)13(17)10-11/h4-5,10H,6-9H2,1-3H3. The molecule has 0 N–H and O–H groups in total. The Morgan fingerprint density at radius 1 is 1.24 bits per heavy atom. The summed E-state index contributed by atoms with van der Waals surface area (Å²) >= 11 is 3.15. The second-order valence-electron chi connectivity index (χ2n) is 6.14. The van der Waals surface area contributed by atoms with Crippen molar-refractivity contribution in [3.63, 3.8) is 0 Å². The number of anilines is 1. The summed E-state index contributed by atoms with van der Waals surface area (Å²) in [6, 6.07) is 5.10. The molecule has 1 fully saturated rings. The van der Waals surface area contributed by atoms with E-state index in [0.717, 1.165) is 5.69 Å². The van der Waals surface area contributed by atoms with Gasteiger partial charge in [0.1, 0.15) is 5.82 Å². The van der Waals surface area contributed by atoms with Gasteiger partial charge in [-0.3, -0.25) is 0 Å². The zero-order chi connectivity index (χ0) is 15.6. The number of hydroxylamine groups is 2. The van der Waals surface area contributed by atoms with Gasteiger partial charge in [0, 0.05) is 18.8 Å². The lowest BCUT2D eigenvalue weighted by Gasteiger charge is -2.35. The molecule has 0 radical (unpaired) electrons. The highest BCUT2D eigenvalue weighted by atomic mass is 79.9. The van der Waals surface area contributed by atoms with E-state index in [1.165, 1.54) is 6.07 Å². The van der Waals surface area contributed by atoms with Gasteiger partial charge in [-0.15, -0.1) is 5.06 Å². The van der Waals surface area contributed by atoms with Gasteiger partial charge in [-0.1, -0.05) is 0 Å². The molecule has 0 saturated carbocycles. The Bertz CT molecular complexity index is 523. The van der Waals surface area contributed by atoms with Crippen molar-refractivity contribution >= 4 is 27.6 Å². The Morgan fingerprint density at radius 3 is 2.38 bits per heavy atom. The molecule has 0 aromatic heterocycles. The Labute approximate surface area is 132 Å². The van der Waals surface area contributed by atoms with Gasteiger partial charge in [0.25, 0.3) is 0 Å². The first-order chi connectivity index (χ1) is 9.77. The summed E-state index contributed by atoms with van der Waals surface area (Å²) in [4.78, 5) is 19.3. The summed E-state index contributed by atoms with van der Waals surface area (Å²) in [6.07, 6.45) is 0. The first-order valence-electron chi connectivity index (χ1n) is 6.95. The van der Waals surface area contributed by atoms with Crippen molar-refractivity contribution in [2.45, 2.75) is 20.8 Å². The largest absolute Gasteiger partial charge is 0.369 e. The van der Waals surface area contributed by atoms with Gasteiger partial charge in [0.05, 0.1) is 23.0 Å². The number of halogens is 2. The van der Waals surface area contributed by atoms with Crippen molar-refractivity contribution < 1.29 is 14.0 Å². The molecule has 4 nitrogen and oxygen atoms in total. The lowest BCUT2D eigenvalue weighted by Crippen LogP contribution is -2.48. The second-order valence-corrected chi connectivity index (χ2v) is 7.00. The minimum absolute atomic E-state index is 0.231. The van der Waals surface area contributed by atoms with E-state index in [4.69, 9.17) is 4.84 Å². The van der Waals surface area contributed by atoms with Gasteiger partial charge < -0.3 is 9.74 Å². The van der Waals surface area contributed by atoms with Crippen LogP contribution in [-0.2, 0) is 9.63 Å². The fourth-order valence-corrected chi connectivity index (χ4v) is 2.22. The average Bonchev–Trinajstić information content (AvgIpc) is 2.42. The predicted molar refractivity (Wildman–Crippen MR) is 83.4 cm³/mol. The van der Waals surface area contributed by atoms with Crippen molar-refractivity contribution in [1.82, 2.24) is 5.06 Å². The first kappa shape index (κ1) is 16.2. The van der Waals surface area contributed by atoms with Gasteiger partial charge in [0.2, 0.25) is 0 Å². The van der Waals surface area contributed by atoms with Crippen LogP contribution in [0.25, 0.3) is 0 Å². The smallest absolute Gasteiger partial charge is 0.330 e. The van der Waals surface area contributed by atoms with E-state index in [-0.39, 0.29) is 11.8 Å². The minimum Gasteiger partial charge on any atom is -0.369 e. The maximum Gasteiger partial charge on any atom is 0.330 e. The third kappa shape index (κ3) is 4.17. The minimum atomic E-state index is -0.508. The Balaban J connectivity index is 1.91. The van der Waals surface area contributed by atoms with E-state index in [2.05, 4.69) is 20.8 Å². The molecule has 1 aromatic carbocycles. The third-order valence-electron chi connectivity index (χ3n) is 3.33. The Hall–Kier alpha value is -1.14. The maximum absolute atomic E-state index is 13.6. The molecule has 1 aliphatic rings. The van der Waals surface area contributed by atoms with E-state index in [1.807, 2.05) is 26.8 Å². The van der Waals surface area contributed by atoms with E-state index in [0.29, 0.717) is 30.7 Å². The number of hydrogen-bond acceptors (Lipinski definition) is 4. The molecular weight excluding hydrogens is 339 g/mol. The molecule has 0 bridgehead atoms. The van der Waals surface area contributed by atoms with Gasteiger partial charge in [0.15, 0.2) is 0 Å². The highest BCUT2D eigenvalue weighted by Gasteiger charge is 2.27. The maximum atomic E-state index is 13.6. The molecule has 0 amide bonds. The summed E-state index contributed by atoms with van der Waals surface area (Å²) in [7, 11) is 0. The monoisotopic (exact) mass is 358 g/mol. The van der Waals surface area contributed by atoms with Crippen LogP contribution in [0.2, 0.25) is 0 Å². The number of rotatable bonds is 2. The van der Waals surface area contributed by atoms with Gasteiger partial charge in [-0.05, 0) is 54.9 Å². The van der Waals surface area contributed by atoms with E-state index < -0.39 is 5.41 Å². The summed E-state index contributed by atoms with van der Waals surface area (Å²) in [5.41, 5.74) is 0.337. The van der Waals surface area contributed by atoms with Crippen LogP contribution in [0.4, 0.5) is 10.1 Å². The predicted octanol–water partition coefficient (Wildman–Crippen LogP) is 3.21. The lowest BCUT2D eigenvalue weighted by molar-refractivity contribution is -0.201. The quantitative estimate of drug-likeness (QED) is 0.812. The van der Waals surface area contributed by atoms with Crippen LogP contribution in [0.15, 0.2) is 22.7 Å². The number of carbonyl (C=O) groups excluding carboxylic acids is 1. The normalized spacial score (nSPS) is 16.9. The van der Waals surface area contributed by atoms with Crippen molar-refractivity contribution in [3.8, 4) is 0 Å². The molecule has 0 spiro atoms. The molecule has 1 aliphatic heterocycles. The number of nitrogens with zero attached hydrogens (tertiary/aromatic N) is 2. The average molecular weight is 359 g/mol. The zero-order valence-electron chi connectivity index (χ0n) is 12.5. The van der Waals surface area contributed by atoms with Crippen LogP contribution in [0.1, 0.15) is 20.8 Å². The van der Waals surface area contributed by atoms with Crippen LogP contribution in [0.3, 0.4) is 0 Å². The summed E-state index contributed by atoms with van der Waals surface area (Å²) in [5.74, 6) is -0.500. The van der Waals surface area contributed by atoms with Crippen LogP contribution in [-0.4, -0.2) is 37.2 Å². The van der Waals surface area contributed by atoms with Crippen molar-refractivity contribution in [3.05, 3.63) is 28.5 Å². The van der Waals surface area contributed by atoms with Gasteiger partial charge in [-0.2, -0.15) is 0 Å². The first-order valence-corrected chi connectivity index (χ1v) is 7.74.